The fourth-order valence-electron chi connectivity index (χ4n) is 1.50. The summed E-state index contributed by atoms with van der Waals surface area (Å²) in [5.74, 6) is 0.832. The molecule has 0 aliphatic carbocycles. The van der Waals surface area contributed by atoms with Gasteiger partial charge in [-0.25, -0.2) is 4.98 Å². The topological polar surface area (TPSA) is 67.0 Å². The molecule has 2 N–H and O–H groups in total. The Hall–Kier alpha value is -1.36. The molecule has 0 aliphatic heterocycles. The molecule has 0 saturated carbocycles. The number of hydrogen-bond donors (Lipinski definition) is 2. The quantitative estimate of drug-likeness (QED) is 0.734. The summed E-state index contributed by atoms with van der Waals surface area (Å²) >= 11 is 0. The van der Waals surface area contributed by atoms with Crippen LogP contribution in [0.3, 0.4) is 0 Å². The fourth-order valence-corrected chi connectivity index (χ4v) is 1.50. The molecule has 0 radical (unpaired) electrons. The average molecular weight is 225 g/mol. The molecule has 0 saturated heterocycles. The van der Waals surface area contributed by atoms with Gasteiger partial charge in [0.2, 0.25) is 0 Å². The minimum Gasteiger partial charge on any atom is -0.468 e. The van der Waals surface area contributed by atoms with Crippen LogP contribution in [0.15, 0.2) is 6.20 Å². The molecule has 1 aromatic heterocycles. The molecule has 0 spiro atoms. The Morgan fingerprint density at radius 3 is 2.75 bits per heavy atom. The molecule has 0 fully saturated rings. The number of carbonyl (C=O) groups excluding carboxylic acids is 1. The highest BCUT2D eigenvalue weighted by molar-refractivity contribution is 5.75. The molecule has 0 amide bonds. The van der Waals surface area contributed by atoms with Gasteiger partial charge < -0.3 is 9.72 Å². The number of H-pyrrole nitrogens is 1. The van der Waals surface area contributed by atoms with Gasteiger partial charge in [0.15, 0.2) is 0 Å². The Morgan fingerprint density at radius 1 is 1.62 bits per heavy atom. The van der Waals surface area contributed by atoms with Crippen molar-refractivity contribution in [3.05, 3.63) is 17.7 Å². The SMILES string of the molecule is COC(=O)C(NCc1cnc(C)[nH]1)C(C)C. The van der Waals surface area contributed by atoms with E-state index in [1.807, 2.05) is 20.8 Å². The van der Waals surface area contributed by atoms with Crippen LogP contribution < -0.4 is 5.32 Å². The van der Waals surface area contributed by atoms with Crippen molar-refractivity contribution in [1.82, 2.24) is 15.3 Å². The van der Waals surface area contributed by atoms with Crippen LogP contribution in [-0.4, -0.2) is 29.1 Å². The molecular formula is C11H19N3O2. The van der Waals surface area contributed by atoms with Gasteiger partial charge in [0.05, 0.1) is 7.11 Å². The normalized spacial score (nSPS) is 12.8. The average Bonchev–Trinajstić information content (AvgIpc) is 2.63. The first-order valence-electron chi connectivity index (χ1n) is 5.36. The summed E-state index contributed by atoms with van der Waals surface area (Å²) in [7, 11) is 1.40. The van der Waals surface area contributed by atoms with Crippen molar-refractivity contribution in [2.45, 2.75) is 33.4 Å². The zero-order valence-electron chi connectivity index (χ0n) is 10.2. The van der Waals surface area contributed by atoms with Gasteiger partial charge in [-0.1, -0.05) is 13.8 Å². The van der Waals surface area contributed by atoms with E-state index >= 15 is 0 Å². The third-order valence-corrected chi connectivity index (χ3v) is 2.39. The Balaban J connectivity index is 2.53. The zero-order valence-corrected chi connectivity index (χ0v) is 10.2. The number of imidazole rings is 1. The lowest BCUT2D eigenvalue weighted by atomic mass is 10.0. The monoisotopic (exact) mass is 225 g/mol. The van der Waals surface area contributed by atoms with Crippen molar-refractivity contribution in [3.8, 4) is 0 Å². The predicted molar refractivity (Wildman–Crippen MR) is 60.8 cm³/mol. The molecule has 90 valence electrons. The van der Waals surface area contributed by atoms with E-state index in [9.17, 15) is 4.79 Å². The highest BCUT2D eigenvalue weighted by Crippen LogP contribution is 2.05. The molecule has 16 heavy (non-hydrogen) atoms. The number of hydrogen-bond acceptors (Lipinski definition) is 4. The van der Waals surface area contributed by atoms with E-state index < -0.39 is 0 Å². The number of methoxy groups -OCH3 is 1. The van der Waals surface area contributed by atoms with Gasteiger partial charge in [0, 0.05) is 18.4 Å². The van der Waals surface area contributed by atoms with E-state index in [0.717, 1.165) is 11.5 Å². The summed E-state index contributed by atoms with van der Waals surface area (Å²) in [4.78, 5) is 18.7. The maximum Gasteiger partial charge on any atom is 0.323 e. The minimum absolute atomic E-state index is 0.191. The van der Waals surface area contributed by atoms with Gasteiger partial charge >= 0.3 is 5.97 Å². The van der Waals surface area contributed by atoms with Crippen molar-refractivity contribution in [2.75, 3.05) is 7.11 Å². The number of aromatic nitrogens is 2. The predicted octanol–water partition coefficient (Wildman–Crippen LogP) is 1.01. The van der Waals surface area contributed by atoms with Gasteiger partial charge in [-0.15, -0.1) is 0 Å². The molecule has 0 bridgehead atoms. The van der Waals surface area contributed by atoms with Crippen molar-refractivity contribution < 1.29 is 9.53 Å². The number of nitrogens with zero attached hydrogens (tertiary/aromatic N) is 1. The number of esters is 1. The van der Waals surface area contributed by atoms with Gasteiger partial charge in [-0.2, -0.15) is 0 Å². The molecule has 1 heterocycles. The summed E-state index contributed by atoms with van der Waals surface area (Å²) < 4.78 is 4.74. The van der Waals surface area contributed by atoms with Gasteiger partial charge in [-0.05, 0) is 12.8 Å². The number of ether oxygens (including phenoxy) is 1. The number of rotatable bonds is 5. The zero-order chi connectivity index (χ0) is 12.1. The van der Waals surface area contributed by atoms with E-state index in [1.54, 1.807) is 6.20 Å². The third-order valence-electron chi connectivity index (χ3n) is 2.39. The standard InChI is InChI=1S/C11H19N3O2/c1-7(2)10(11(15)16-4)13-6-9-5-12-8(3)14-9/h5,7,10,13H,6H2,1-4H3,(H,12,14). The van der Waals surface area contributed by atoms with E-state index in [1.165, 1.54) is 7.11 Å². The first-order valence-corrected chi connectivity index (χ1v) is 5.36. The summed E-state index contributed by atoms with van der Waals surface area (Å²) in [6.07, 6.45) is 1.76. The second kappa shape index (κ2) is 5.65. The van der Waals surface area contributed by atoms with Crippen LogP contribution in [0, 0.1) is 12.8 Å². The molecule has 1 aromatic rings. The van der Waals surface area contributed by atoms with Crippen molar-refractivity contribution in [1.29, 1.82) is 0 Å². The molecule has 5 nitrogen and oxygen atoms in total. The number of aryl methyl sites for hydroxylation is 1. The second-order valence-electron chi connectivity index (χ2n) is 4.12. The number of nitrogens with one attached hydrogen (secondary N) is 2. The van der Waals surface area contributed by atoms with E-state index in [2.05, 4.69) is 15.3 Å². The lowest BCUT2D eigenvalue weighted by Gasteiger charge is -2.19. The van der Waals surface area contributed by atoms with Crippen LogP contribution in [0.4, 0.5) is 0 Å². The highest BCUT2D eigenvalue weighted by Gasteiger charge is 2.22. The van der Waals surface area contributed by atoms with E-state index in [-0.39, 0.29) is 17.9 Å². The first-order chi connectivity index (χ1) is 7.54. The van der Waals surface area contributed by atoms with Crippen LogP contribution in [0.1, 0.15) is 25.4 Å². The van der Waals surface area contributed by atoms with E-state index in [0.29, 0.717) is 6.54 Å². The molecule has 0 aromatic carbocycles. The van der Waals surface area contributed by atoms with Crippen LogP contribution in [0.25, 0.3) is 0 Å². The van der Waals surface area contributed by atoms with Gasteiger partial charge in [0.1, 0.15) is 11.9 Å². The van der Waals surface area contributed by atoms with Crippen LogP contribution in [0.2, 0.25) is 0 Å². The summed E-state index contributed by atoms with van der Waals surface area (Å²) in [5.41, 5.74) is 0.965. The fraction of sp³-hybridized carbons (Fsp3) is 0.636. The number of aromatic amines is 1. The van der Waals surface area contributed by atoms with Gasteiger partial charge in [0.25, 0.3) is 0 Å². The summed E-state index contributed by atoms with van der Waals surface area (Å²) in [6, 6.07) is -0.284. The molecule has 1 rings (SSSR count). The Kier molecular flexibility index (Phi) is 4.49. The van der Waals surface area contributed by atoms with Crippen molar-refractivity contribution in [3.63, 3.8) is 0 Å². The third kappa shape index (κ3) is 3.34. The summed E-state index contributed by atoms with van der Waals surface area (Å²) in [5, 5.41) is 3.15. The number of carbonyl (C=O) groups is 1. The Bertz CT molecular complexity index is 347. The molecule has 1 atom stereocenters. The van der Waals surface area contributed by atoms with E-state index in [4.69, 9.17) is 4.74 Å². The summed E-state index contributed by atoms with van der Waals surface area (Å²) in [6.45, 7) is 6.43. The molecular weight excluding hydrogens is 206 g/mol. The Morgan fingerprint density at radius 2 is 2.31 bits per heavy atom. The maximum absolute atomic E-state index is 11.5. The maximum atomic E-state index is 11.5. The first kappa shape index (κ1) is 12.7. The lowest BCUT2D eigenvalue weighted by molar-refractivity contribution is -0.144. The molecule has 1 unspecified atom stereocenters. The lowest BCUT2D eigenvalue weighted by Crippen LogP contribution is -2.41. The van der Waals surface area contributed by atoms with Crippen molar-refractivity contribution in [2.24, 2.45) is 5.92 Å². The van der Waals surface area contributed by atoms with Crippen LogP contribution in [0.5, 0.6) is 0 Å². The van der Waals surface area contributed by atoms with Gasteiger partial charge in [-0.3, -0.25) is 10.1 Å². The minimum atomic E-state index is -0.284. The molecule has 5 heteroatoms. The second-order valence-corrected chi connectivity index (χ2v) is 4.12. The van der Waals surface area contributed by atoms with Crippen LogP contribution >= 0.6 is 0 Å². The largest absolute Gasteiger partial charge is 0.468 e. The van der Waals surface area contributed by atoms with Crippen molar-refractivity contribution >= 4 is 5.97 Å². The molecule has 0 aliphatic rings. The van der Waals surface area contributed by atoms with Crippen LogP contribution in [-0.2, 0) is 16.1 Å². The Labute approximate surface area is 95.6 Å². The smallest absolute Gasteiger partial charge is 0.323 e. The highest BCUT2D eigenvalue weighted by atomic mass is 16.5.